The van der Waals surface area contributed by atoms with Gasteiger partial charge in [-0.3, -0.25) is 14.6 Å². The van der Waals surface area contributed by atoms with Gasteiger partial charge in [0, 0.05) is 6.42 Å². The zero-order chi connectivity index (χ0) is 23.9. The highest BCUT2D eigenvalue weighted by Crippen LogP contribution is 2.41. The van der Waals surface area contributed by atoms with Crippen molar-refractivity contribution in [3.8, 4) is 0 Å². The Balaban J connectivity index is 1.69. The number of hydrogen-bond donors (Lipinski definition) is 1. The average Bonchev–Trinajstić information content (AvgIpc) is 3.30. The molecule has 0 aliphatic carbocycles. The van der Waals surface area contributed by atoms with Crippen molar-refractivity contribution in [3.05, 3.63) is 102 Å². The number of benzene rings is 3. The quantitative estimate of drug-likeness (QED) is 0.480. The monoisotopic (exact) mass is 455 g/mol. The summed E-state index contributed by atoms with van der Waals surface area (Å²) in [5.74, 6) is -0.844. The number of carbonyl (C=O) groups excluding carboxylic acids is 2. The molecule has 1 heterocycles. The second-order valence-electron chi connectivity index (χ2n) is 8.35. The van der Waals surface area contributed by atoms with Crippen LogP contribution < -0.4 is 10.7 Å². The summed E-state index contributed by atoms with van der Waals surface area (Å²) in [5.41, 5.74) is 9.50. The molecule has 6 heteroatoms. The van der Waals surface area contributed by atoms with E-state index in [1.807, 2.05) is 96.0 Å². The zero-order valence-corrected chi connectivity index (χ0v) is 19.2. The van der Waals surface area contributed by atoms with Crippen LogP contribution in [0.2, 0.25) is 0 Å². The number of Topliss-reactive ketones (excluding diaryl/α,β-unsaturated/α-hetero) is 1. The minimum atomic E-state index is -0.727. The summed E-state index contributed by atoms with van der Waals surface area (Å²) >= 11 is 0. The van der Waals surface area contributed by atoms with Crippen LogP contribution in [0.1, 0.15) is 36.4 Å². The Labute approximate surface area is 200 Å². The highest BCUT2D eigenvalue weighted by atomic mass is 16.5. The second-order valence-corrected chi connectivity index (χ2v) is 8.35. The van der Waals surface area contributed by atoms with Gasteiger partial charge in [-0.05, 0) is 36.1 Å². The van der Waals surface area contributed by atoms with E-state index in [0.29, 0.717) is 19.3 Å². The van der Waals surface area contributed by atoms with Crippen LogP contribution >= 0.6 is 0 Å². The van der Waals surface area contributed by atoms with Gasteiger partial charge >= 0.3 is 5.97 Å². The van der Waals surface area contributed by atoms with Gasteiger partial charge in [-0.25, -0.2) is 0 Å². The highest BCUT2D eigenvalue weighted by molar-refractivity contribution is 6.16. The molecule has 0 fully saturated rings. The zero-order valence-electron chi connectivity index (χ0n) is 19.2. The molecule has 0 radical (unpaired) electrons. The Kier molecular flexibility index (Phi) is 7.50. The van der Waals surface area contributed by atoms with Crippen molar-refractivity contribution in [2.24, 2.45) is 16.8 Å². The molecule has 0 spiro atoms. The normalized spacial score (nSPS) is 18.3. The SMILES string of the molecule is COC(=O)C(N)CCCC(=O)C1C(c2ccccc2)=NN(c2ccccc2)C1c1ccccc1. The van der Waals surface area contributed by atoms with Gasteiger partial charge in [-0.15, -0.1) is 0 Å². The van der Waals surface area contributed by atoms with Crippen LogP contribution in [-0.4, -0.2) is 30.6 Å². The topological polar surface area (TPSA) is 85.0 Å². The fraction of sp³-hybridized carbons (Fsp3) is 0.250. The lowest BCUT2D eigenvalue weighted by Crippen LogP contribution is -2.33. The van der Waals surface area contributed by atoms with Gasteiger partial charge in [-0.2, -0.15) is 5.10 Å². The molecule has 0 amide bonds. The molecular weight excluding hydrogens is 426 g/mol. The third-order valence-electron chi connectivity index (χ3n) is 6.11. The molecule has 3 aromatic carbocycles. The van der Waals surface area contributed by atoms with Gasteiger partial charge in [0.2, 0.25) is 0 Å². The van der Waals surface area contributed by atoms with Crippen LogP contribution in [0, 0.1) is 5.92 Å². The van der Waals surface area contributed by atoms with Gasteiger partial charge in [0.1, 0.15) is 11.8 Å². The van der Waals surface area contributed by atoms with E-state index < -0.39 is 17.9 Å². The number of esters is 1. The number of anilines is 1. The Morgan fingerprint density at radius 2 is 1.53 bits per heavy atom. The number of hydrazone groups is 1. The van der Waals surface area contributed by atoms with Crippen molar-refractivity contribution in [2.45, 2.75) is 31.3 Å². The maximum Gasteiger partial charge on any atom is 0.322 e. The van der Waals surface area contributed by atoms with Crippen molar-refractivity contribution in [3.63, 3.8) is 0 Å². The predicted molar refractivity (Wildman–Crippen MR) is 133 cm³/mol. The number of nitrogens with zero attached hydrogens (tertiary/aromatic N) is 2. The van der Waals surface area contributed by atoms with Crippen LogP contribution in [0.4, 0.5) is 5.69 Å². The van der Waals surface area contributed by atoms with Crippen LogP contribution in [0.15, 0.2) is 96.1 Å². The van der Waals surface area contributed by atoms with Crippen molar-refractivity contribution < 1.29 is 14.3 Å². The second kappa shape index (κ2) is 10.9. The first kappa shape index (κ1) is 23.4. The largest absolute Gasteiger partial charge is 0.468 e. The standard InChI is InChI=1S/C28H29N3O3/c1-34-28(33)23(29)18-11-19-24(32)25-26(20-12-5-2-6-13-20)30-31(22-16-9-4-10-17-22)27(25)21-14-7-3-8-15-21/h2-10,12-17,23,25,27H,11,18-19,29H2,1H3. The summed E-state index contributed by atoms with van der Waals surface area (Å²) < 4.78 is 4.71. The summed E-state index contributed by atoms with van der Waals surface area (Å²) in [7, 11) is 1.32. The summed E-state index contributed by atoms with van der Waals surface area (Å²) in [6.07, 6.45) is 1.19. The van der Waals surface area contributed by atoms with Crippen LogP contribution in [0.25, 0.3) is 0 Å². The first-order valence-electron chi connectivity index (χ1n) is 11.5. The summed E-state index contributed by atoms with van der Waals surface area (Å²) in [5, 5.41) is 6.96. The van der Waals surface area contributed by atoms with Crippen LogP contribution in [0.5, 0.6) is 0 Å². The number of ether oxygens (including phenoxy) is 1. The number of carbonyl (C=O) groups is 2. The molecule has 2 N–H and O–H groups in total. The Bertz CT molecular complexity index is 1130. The Morgan fingerprint density at radius 1 is 0.941 bits per heavy atom. The summed E-state index contributed by atoms with van der Waals surface area (Å²) in [4.78, 5) is 25.4. The van der Waals surface area contributed by atoms with E-state index in [1.54, 1.807) is 0 Å². The van der Waals surface area contributed by atoms with Gasteiger partial charge < -0.3 is 10.5 Å². The lowest BCUT2D eigenvalue weighted by molar-refractivity contribution is -0.142. The molecule has 34 heavy (non-hydrogen) atoms. The molecule has 3 aromatic rings. The van der Waals surface area contributed by atoms with Crippen molar-refractivity contribution in [1.82, 2.24) is 0 Å². The first-order valence-corrected chi connectivity index (χ1v) is 11.5. The van der Waals surface area contributed by atoms with E-state index >= 15 is 0 Å². The van der Waals surface area contributed by atoms with E-state index in [1.165, 1.54) is 7.11 Å². The molecule has 1 aliphatic heterocycles. The van der Waals surface area contributed by atoms with Gasteiger partial charge in [-0.1, -0.05) is 78.9 Å². The minimum absolute atomic E-state index is 0.0759. The fourth-order valence-corrected chi connectivity index (χ4v) is 4.41. The van der Waals surface area contributed by atoms with E-state index in [0.717, 1.165) is 22.5 Å². The van der Waals surface area contributed by atoms with E-state index in [4.69, 9.17) is 15.6 Å². The van der Waals surface area contributed by atoms with Gasteiger partial charge in [0.05, 0.1) is 30.5 Å². The number of hydrogen-bond acceptors (Lipinski definition) is 6. The number of rotatable bonds is 9. The fourth-order valence-electron chi connectivity index (χ4n) is 4.41. The van der Waals surface area contributed by atoms with Gasteiger partial charge in [0.15, 0.2) is 0 Å². The van der Waals surface area contributed by atoms with Gasteiger partial charge in [0.25, 0.3) is 0 Å². The predicted octanol–water partition coefficient (Wildman–Crippen LogP) is 4.51. The van der Waals surface area contributed by atoms with Crippen LogP contribution in [0.3, 0.4) is 0 Å². The highest BCUT2D eigenvalue weighted by Gasteiger charge is 2.43. The Hall–Kier alpha value is -3.77. The maximum absolute atomic E-state index is 13.7. The number of para-hydroxylation sites is 1. The molecule has 4 rings (SSSR count). The lowest BCUT2D eigenvalue weighted by atomic mass is 9.82. The van der Waals surface area contributed by atoms with Crippen LogP contribution in [-0.2, 0) is 14.3 Å². The Morgan fingerprint density at radius 3 is 2.15 bits per heavy atom. The molecule has 6 nitrogen and oxygen atoms in total. The summed E-state index contributed by atoms with van der Waals surface area (Å²) in [6, 6.07) is 28.8. The number of ketones is 1. The van der Waals surface area contributed by atoms with Crippen molar-refractivity contribution in [1.29, 1.82) is 0 Å². The molecule has 0 saturated heterocycles. The van der Waals surface area contributed by atoms with E-state index in [9.17, 15) is 9.59 Å². The minimum Gasteiger partial charge on any atom is -0.468 e. The number of nitrogens with two attached hydrogens (primary N) is 1. The molecule has 0 bridgehead atoms. The molecular formula is C28H29N3O3. The smallest absolute Gasteiger partial charge is 0.322 e. The average molecular weight is 456 g/mol. The van der Waals surface area contributed by atoms with E-state index in [-0.39, 0.29) is 11.8 Å². The molecule has 3 atom stereocenters. The third kappa shape index (κ3) is 5.07. The number of methoxy groups -OCH3 is 1. The first-order chi connectivity index (χ1) is 16.6. The molecule has 3 unspecified atom stereocenters. The lowest BCUT2D eigenvalue weighted by Gasteiger charge is -2.28. The maximum atomic E-state index is 13.7. The summed E-state index contributed by atoms with van der Waals surface area (Å²) in [6.45, 7) is 0. The van der Waals surface area contributed by atoms with Crippen molar-refractivity contribution >= 4 is 23.2 Å². The third-order valence-corrected chi connectivity index (χ3v) is 6.11. The molecule has 174 valence electrons. The molecule has 0 saturated carbocycles. The molecule has 1 aliphatic rings. The van der Waals surface area contributed by atoms with Crippen molar-refractivity contribution in [2.75, 3.05) is 12.1 Å². The van der Waals surface area contributed by atoms with E-state index in [2.05, 4.69) is 0 Å². The molecule has 0 aromatic heterocycles.